The highest BCUT2D eigenvalue weighted by Crippen LogP contribution is 2.33. The predicted molar refractivity (Wildman–Crippen MR) is 130 cm³/mol. The number of aliphatic hydroxyl groups is 1. The van der Waals surface area contributed by atoms with Gasteiger partial charge in [0.2, 0.25) is 0 Å². The number of benzene rings is 2. The molecule has 0 heterocycles. The third-order valence-corrected chi connectivity index (χ3v) is 6.36. The number of rotatable bonds is 8. The molecule has 0 unspecified atom stereocenters. The van der Waals surface area contributed by atoms with Crippen molar-refractivity contribution >= 4 is 6.09 Å². The molecule has 1 saturated carbocycles. The Bertz CT molecular complexity index is 770. The number of carbonyl (C=O) groups excluding carboxylic acids is 1. The third-order valence-electron chi connectivity index (χ3n) is 6.36. The summed E-state index contributed by atoms with van der Waals surface area (Å²) in [4.78, 5) is 12.6. The van der Waals surface area contributed by atoms with Gasteiger partial charge in [0, 0.05) is 5.92 Å². The molecule has 32 heavy (non-hydrogen) atoms. The highest BCUT2D eigenvalue weighted by molar-refractivity contribution is 5.68. The second-order valence-electron chi connectivity index (χ2n) is 10.2. The van der Waals surface area contributed by atoms with Gasteiger partial charge in [-0.1, -0.05) is 92.8 Å². The SMILES string of the molecule is CC(C)(C)OC(=O)N[C@@H](CC1CCCCC1)[C@@H](O)CC(c1ccccc1)c1ccccc1. The highest BCUT2D eigenvalue weighted by atomic mass is 16.6. The van der Waals surface area contributed by atoms with Crippen molar-refractivity contribution in [1.82, 2.24) is 5.32 Å². The Morgan fingerprint density at radius 3 is 2.00 bits per heavy atom. The van der Waals surface area contributed by atoms with Crippen LogP contribution in [-0.4, -0.2) is 28.9 Å². The fraction of sp³-hybridized carbons (Fsp3) is 0.536. The summed E-state index contributed by atoms with van der Waals surface area (Å²) in [6, 6.07) is 20.3. The van der Waals surface area contributed by atoms with E-state index in [1.807, 2.05) is 57.2 Å². The molecule has 2 aromatic rings. The maximum atomic E-state index is 12.6. The van der Waals surface area contributed by atoms with Gasteiger partial charge < -0.3 is 15.2 Å². The summed E-state index contributed by atoms with van der Waals surface area (Å²) in [5.41, 5.74) is 1.78. The first-order chi connectivity index (χ1) is 15.3. The molecule has 1 aliphatic carbocycles. The Hall–Kier alpha value is -2.33. The van der Waals surface area contributed by atoms with E-state index in [0.717, 1.165) is 6.42 Å². The molecule has 0 radical (unpaired) electrons. The minimum Gasteiger partial charge on any atom is -0.444 e. The second kappa shape index (κ2) is 11.5. The van der Waals surface area contributed by atoms with E-state index in [2.05, 4.69) is 29.6 Å². The van der Waals surface area contributed by atoms with Crippen molar-refractivity contribution in [3.8, 4) is 0 Å². The van der Waals surface area contributed by atoms with Crippen molar-refractivity contribution in [1.29, 1.82) is 0 Å². The minimum atomic E-state index is -0.671. The van der Waals surface area contributed by atoms with Crippen LogP contribution in [0.15, 0.2) is 60.7 Å². The quantitative estimate of drug-likeness (QED) is 0.500. The predicted octanol–water partition coefficient (Wildman–Crippen LogP) is 6.43. The lowest BCUT2D eigenvalue weighted by molar-refractivity contribution is 0.0375. The van der Waals surface area contributed by atoms with Gasteiger partial charge in [0.15, 0.2) is 0 Å². The van der Waals surface area contributed by atoms with Crippen LogP contribution in [0.1, 0.15) is 82.8 Å². The van der Waals surface area contributed by atoms with Crippen LogP contribution in [0, 0.1) is 5.92 Å². The largest absolute Gasteiger partial charge is 0.444 e. The number of hydrogen-bond acceptors (Lipinski definition) is 3. The number of hydrogen-bond donors (Lipinski definition) is 2. The standard InChI is InChI=1S/C28H39NO3/c1-28(2,3)32-27(31)29-25(19-21-13-7-4-8-14-21)26(30)20-24(22-15-9-5-10-16-22)23-17-11-6-12-18-23/h5-6,9-12,15-18,21,24-26,30H,4,7-8,13-14,19-20H2,1-3H3,(H,29,31)/t25-,26-/m0/s1. The van der Waals surface area contributed by atoms with Crippen LogP contribution >= 0.6 is 0 Å². The molecular formula is C28H39NO3. The molecule has 0 aliphatic heterocycles. The normalized spacial score (nSPS) is 17.0. The van der Waals surface area contributed by atoms with E-state index >= 15 is 0 Å². The van der Waals surface area contributed by atoms with Crippen LogP contribution in [0.4, 0.5) is 4.79 Å². The van der Waals surface area contributed by atoms with Crippen LogP contribution in [0.2, 0.25) is 0 Å². The topological polar surface area (TPSA) is 58.6 Å². The fourth-order valence-electron chi connectivity index (χ4n) is 4.79. The molecule has 1 aliphatic rings. The zero-order valence-electron chi connectivity index (χ0n) is 19.8. The van der Waals surface area contributed by atoms with Gasteiger partial charge in [-0.2, -0.15) is 0 Å². The number of carbonyl (C=O) groups is 1. The summed E-state index contributed by atoms with van der Waals surface area (Å²) in [6.45, 7) is 5.58. The van der Waals surface area contributed by atoms with Crippen LogP contribution in [0.5, 0.6) is 0 Å². The number of amides is 1. The van der Waals surface area contributed by atoms with E-state index in [9.17, 15) is 9.90 Å². The molecule has 2 N–H and O–H groups in total. The van der Waals surface area contributed by atoms with E-state index in [-0.39, 0.29) is 12.0 Å². The molecule has 174 valence electrons. The van der Waals surface area contributed by atoms with Gasteiger partial charge in [0.05, 0.1) is 12.1 Å². The lowest BCUT2D eigenvalue weighted by Gasteiger charge is -2.32. The lowest BCUT2D eigenvalue weighted by Crippen LogP contribution is -2.47. The monoisotopic (exact) mass is 437 g/mol. The van der Waals surface area contributed by atoms with E-state index in [1.165, 1.54) is 43.2 Å². The molecule has 1 amide bonds. The molecule has 0 saturated heterocycles. The van der Waals surface area contributed by atoms with E-state index in [4.69, 9.17) is 4.74 Å². The Balaban J connectivity index is 1.78. The summed E-state index contributed by atoms with van der Waals surface area (Å²) in [7, 11) is 0. The Morgan fingerprint density at radius 1 is 0.969 bits per heavy atom. The summed E-state index contributed by atoms with van der Waals surface area (Å²) in [5, 5.41) is 14.4. The van der Waals surface area contributed by atoms with Crippen molar-refractivity contribution in [3.05, 3.63) is 71.8 Å². The fourth-order valence-corrected chi connectivity index (χ4v) is 4.79. The van der Waals surface area contributed by atoms with Crippen LogP contribution in [-0.2, 0) is 4.74 Å². The van der Waals surface area contributed by atoms with E-state index in [0.29, 0.717) is 12.3 Å². The van der Waals surface area contributed by atoms with Crippen molar-refractivity contribution in [3.63, 3.8) is 0 Å². The molecule has 2 atom stereocenters. The number of alkyl carbamates (subject to hydrolysis) is 1. The number of ether oxygens (including phenoxy) is 1. The smallest absolute Gasteiger partial charge is 0.407 e. The molecule has 0 aromatic heterocycles. The average molecular weight is 438 g/mol. The van der Waals surface area contributed by atoms with Gasteiger partial charge in [-0.15, -0.1) is 0 Å². The summed E-state index contributed by atoms with van der Waals surface area (Å²) in [5.74, 6) is 0.590. The summed E-state index contributed by atoms with van der Waals surface area (Å²) >= 11 is 0. The zero-order valence-corrected chi connectivity index (χ0v) is 19.8. The molecule has 4 heteroatoms. The van der Waals surface area contributed by atoms with Crippen molar-refractivity contribution < 1.29 is 14.6 Å². The zero-order chi connectivity index (χ0) is 23.0. The molecule has 2 aromatic carbocycles. The average Bonchev–Trinajstić information content (AvgIpc) is 2.77. The third kappa shape index (κ3) is 7.67. The van der Waals surface area contributed by atoms with Gasteiger partial charge in [-0.25, -0.2) is 4.79 Å². The first-order valence-electron chi connectivity index (χ1n) is 12.1. The van der Waals surface area contributed by atoms with Crippen molar-refractivity contribution in [2.45, 2.75) is 89.4 Å². The van der Waals surface area contributed by atoms with Gasteiger partial charge in [-0.3, -0.25) is 0 Å². The van der Waals surface area contributed by atoms with Crippen LogP contribution in [0.25, 0.3) is 0 Å². The molecule has 0 bridgehead atoms. The first-order valence-corrected chi connectivity index (χ1v) is 12.1. The lowest BCUT2D eigenvalue weighted by atomic mass is 9.80. The maximum absolute atomic E-state index is 12.6. The minimum absolute atomic E-state index is 0.0571. The maximum Gasteiger partial charge on any atom is 0.407 e. The second-order valence-corrected chi connectivity index (χ2v) is 10.2. The molecule has 1 fully saturated rings. The van der Waals surface area contributed by atoms with Crippen molar-refractivity contribution in [2.24, 2.45) is 5.92 Å². The molecule has 0 spiro atoms. The van der Waals surface area contributed by atoms with Crippen molar-refractivity contribution in [2.75, 3.05) is 0 Å². The van der Waals surface area contributed by atoms with Gasteiger partial charge in [0.25, 0.3) is 0 Å². The molecule has 4 nitrogen and oxygen atoms in total. The highest BCUT2D eigenvalue weighted by Gasteiger charge is 2.30. The van der Waals surface area contributed by atoms with Gasteiger partial charge in [-0.05, 0) is 50.7 Å². The number of nitrogens with one attached hydrogen (secondary N) is 1. The Labute approximate surface area is 193 Å². The van der Waals surface area contributed by atoms with Gasteiger partial charge in [0.1, 0.15) is 5.60 Å². The van der Waals surface area contributed by atoms with Crippen LogP contribution < -0.4 is 5.32 Å². The van der Waals surface area contributed by atoms with Crippen LogP contribution in [0.3, 0.4) is 0 Å². The molecule has 3 rings (SSSR count). The van der Waals surface area contributed by atoms with E-state index in [1.54, 1.807) is 0 Å². The first kappa shape index (κ1) is 24.3. The van der Waals surface area contributed by atoms with Gasteiger partial charge >= 0.3 is 6.09 Å². The Morgan fingerprint density at radius 2 is 1.50 bits per heavy atom. The summed E-state index contributed by atoms with van der Waals surface area (Å²) in [6.07, 6.45) is 6.29. The van der Waals surface area contributed by atoms with E-state index < -0.39 is 17.8 Å². The summed E-state index contributed by atoms with van der Waals surface area (Å²) < 4.78 is 5.52. The number of aliphatic hydroxyl groups excluding tert-OH is 1. The molecular weight excluding hydrogens is 398 g/mol. The Kier molecular flexibility index (Phi) is 8.75.